The third kappa shape index (κ3) is 6.44. The van der Waals surface area contributed by atoms with Gasteiger partial charge in [-0.15, -0.1) is 0 Å². The van der Waals surface area contributed by atoms with Crippen LogP contribution in [0.1, 0.15) is 60.8 Å². The van der Waals surface area contributed by atoms with Gasteiger partial charge in [-0.2, -0.15) is 0 Å². The number of aliphatic hydroxyl groups excluding tert-OH is 2. The lowest BCUT2D eigenvalue weighted by atomic mass is 9.76. The number of hydrogen-bond acceptors (Lipinski definition) is 7. The van der Waals surface area contributed by atoms with E-state index >= 15 is 0 Å². The molecular weight excluding hydrogens is 428 g/mol. The van der Waals surface area contributed by atoms with E-state index in [2.05, 4.69) is 0 Å². The number of aliphatic hydroxyl groups is 3. The smallest absolute Gasteiger partial charge is 0.305 e. The van der Waals surface area contributed by atoms with Gasteiger partial charge < -0.3 is 34.6 Å². The van der Waals surface area contributed by atoms with Crippen molar-refractivity contribution < 1.29 is 39.4 Å². The molecule has 190 valence electrons. The Hall–Kier alpha value is -1.29. The quantitative estimate of drug-likeness (QED) is 0.399. The number of ether oxygens (including phenoxy) is 3. The first-order chi connectivity index (χ1) is 15.2. The largest absolute Gasteiger partial charge is 0.481 e. The monoisotopic (exact) mass is 470 g/mol. The molecule has 2 rings (SSSR count). The lowest BCUT2D eigenvalue weighted by molar-refractivity contribution is -0.247. The van der Waals surface area contributed by atoms with Crippen LogP contribution in [0.2, 0.25) is 0 Å². The Kier molecular flexibility index (Phi) is 9.29. The van der Waals surface area contributed by atoms with E-state index < -0.39 is 41.6 Å². The van der Waals surface area contributed by atoms with Crippen LogP contribution >= 0.6 is 0 Å². The van der Waals surface area contributed by atoms with E-state index in [0.29, 0.717) is 12.0 Å². The molecule has 8 heteroatoms. The number of methoxy groups -OCH3 is 1. The number of allylic oxidation sites excluding steroid dienone is 3. The number of aliphatic carboxylic acids is 1. The summed E-state index contributed by atoms with van der Waals surface area (Å²) >= 11 is 0. The summed E-state index contributed by atoms with van der Waals surface area (Å²) in [6.07, 6.45) is 2.57. The lowest BCUT2D eigenvalue weighted by Crippen LogP contribution is -2.59. The second-order valence-electron chi connectivity index (χ2n) is 10.3. The SMILES string of the molecule is CO[C@@H]1[C@@H](C)[C@@H](O)[C@](C)(C[C@H](C)/C=C/C=C(\C)[C@H]2O[C@@H](CC(=O)O)C[C@@H](O)[C@@]2(C)O)O[C@@H]1C. The predicted octanol–water partition coefficient (Wildman–Crippen LogP) is 2.45. The van der Waals surface area contributed by atoms with Gasteiger partial charge in [0, 0.05) is 19.4 Å². The van der Waals surface area contributed by atoms with Gasteiger partial charge in [-0.05, 0) is 45.6 Å². The summed E-state index contributed by atoms with van der Waals surface area (Å²) < 4.78 is 17.5. The van der Waals surface area contributed by atoms with Gasteiger partial charge in [0.15, 0.2) is 0 Å². The third-order valence-corrected chi connectivity index (χ3v) is 7.19. The summed E-state index contributed by atoms with van der Waals surface area (Å²) in [4.78, 5) is 11.1. The minimum Gasteiger partial charge on any atom is -0.481 e. The fourth-order valence-electron chi connectivity index (χ4n) is 5.43. The van der Waals surface area contributed by atoms with Crippen LogP contribution < -0.4 is 0 Å². The second kappa shape index (κ2) is 11.0. The summed E-state index contributed by atoms with van der Waals surface area (Å²) in [5, 5.41) is 41.0. The predicted molar refractivity (Wildman–Crippen MR) is 124 cm³/mol. The molecule has 2 fully saturated rings. The van der Waals surface area contributed by atoms with Crippen LogP contribution in [-0.4, -0.2) is 81.3 Å². The molecule has 4 N–H and O–H groups in total. The maximum Gasteiger partial charge on any atom is 0.305 e. The van der Waals surface area contributed by atoms with E-state index in [4.69, 9.17) is 19.3 Å². The molecule has 0 saturated carbocycles. The Morgan fingerprint density at radius 2 is 1.91 bits per heavy atom. The van der Waals surface area contributed by atoms with Crippen molar-refractivity contribution in [1.29, 1.82) is 0 Å². The van der Waals surface area contributed by atoms with Crippen LogP contribution in [0.4, 0.5) is 0 Å². The number of carboxylic acid groups (broad SMARTS) is 1. The first kappa shape index (κ1) is 28.0. The highest BCUT2D eigenvalue weighted by Crippen LogP contribution is 2.39. The minimum absolute atomic E-state index is 0.0575. The second-order valence-corrected chi connectivity index (χ2v) is 10.3. The van der Waals surface area contributed by atoms with E-state index in [1.54, 1.807) is 20.1 Å². The van der Waals surface area contributed by atoms with Gasteiger partial charge in [-0.1, -0.05) is 32.1 Å². The van der Waals surface area contributed by atoms with Crippen LogP contribution in [0.3, 0.4) is 0 Å². The van der Waals surface area contributed by atoms with Crippen LogP contribution in [0.25, 0.3) is 0 Å². The number of carboxylic acids is 1. The molecule has 0 aromatic carbocycles. The zero-order chi connectivity index (χ0) is 25.1. The summed E-state index contributed by atoms with van der Waals surface area (Å²) in [5.41, 5.74) is -1.55. The van der Waals surface area contributed by atoms with Gasteiger partial charge in [-0.25, -0.2) is 0 Å². The standard InChI is InChI=1S/C25H42O8/c1-14(13-24(5)22(29)16(3)21(31-7)17(4)33-24)9-8-10-15(2)23-25(6,30)19(26)11-18(32-23)12-20(27)28/h8-10,14,16-19,21-23,26,29-30H,11-13H2,1-7H3,(H,27,28)/b9-8+,15-10+/t14-,16-,17-,18-,19-,21-,22-,23-,24+,25-/m1/s1. The maximum atomic E-state index is 11.1. The summed E-state index contributed by atoms with van der Waals surface area (Å²) in [6, 6.07) is 0. The molecule has 0 aromatic heterocycles. The van der Waals surface area contributed by atoms with E-state index in [9.17, 15) is 20.1 Å². The molecule has 8 nitrogen and oxygen atoms in total. The van der Waals surface area contributed by atoms with Crippen LogP contribution in [0, 0.1) is 11.8 Å². The van der Waals surface area contributed by atoms with Crippen LogP contribution in [0.5, 0.6) is 0 Å². The van der Waals surface area contributed by atoms with Crippen molar-refractivity contribution in [2.75, 3.05) is 7.11 Å². The van der Waals surface area contributed by atoms with Crippen molar-refractivity contribution in [3.8, 4) is 0 Å². The van der Waals surface area contributed by atoms with Crippen molar-refractivity contribution in [3.05, 3.63) is 23.8 Å². The van der Waals surface area contributed by atoms with Gasteiger partial charge in [0.05, 0.1) is 42.5 Å². The highest BCUT2D eigenvalue weighted by Gasteiger charge is 2.49. The molecule has 10 atom stereocenters. The Morgan fingerprint density at radius 1 is 1.27 bits per heavy atom. The highest BCUT2D eigenvalue weighted by atomic mass is 16.6. The van der Waals surface area contributed by atoms with Crippen molar-refractivity contribution in [1.82, 2.24) is 0 Å². The molecule has 2 aliphatic rings. The van der Waals surface area contributed by atoms with Crippen LogP contribution in [-0.2, 0) is 19.0 Å². The highest BCUT2D eigenvalue weighted by molar-refractivity contribution is 5.67. The van der Waals surface area contributed by atoms with Gasteiger partial charge in [-0.3, -0.25) is 4.79 Å². The first-order valence-corrected chi connectivity index (χ1v) is 11.7. The Labute approximate surface area is 197 Å². The Bertz CT molecular complexity index is 732. The zero-order valence-electron chi connectivity index (χ0n) is 20.9. The molecule has 2 saturated heterocycles. The molecule has 0 bridgehead atoms. The average molecular weight is 471 g/mol. The number of rotatable bonds is 8. The summed E-state index contributed by atoms with van der Waals surface area (Å²) in [6.45, 7) is 11.2. The summed E-state index contributed by atoms with van der Waals surface area (Å²) in [7, 11) is 1.63. The van der Waals surface area contributed by atoms with Crippen molar-refractivity contribution in [3.63, 3.8) is 0 Å². The molecule has 0 amide bonds. The van der Waals surface area contributed by atoms with E-state index in [1.165, 1.54) is 6.92 Å². The van der Waals surface area contributed by atoms with Gasteiger partial charge in [0.1, 0.15) is 11.7 Å². The van der Waals surface area contributed by atoms with Crippen molar-refractivity contribution >= 4 is 5.97 Å². The molecule has 0 spiro atoms. The molecule has 0 radical (unpaired) electrons. The van der Waals surface area contributed by atoms with Gasteiger partial charge in [0.2, 0.25) is 0 Å². The topological polar surface area (TPSA) is 126 Å². The summed E-state index contributed by atoms with van der Waals surface area (Å²) in [5.74, 6) is -0.979. The van der Waals surface area contributed by atoms with Crippen LogP contribution in [0.15, 0.2) is 23.8 Å². The molecule has 0 aliphatic carbocycles. The molecule has 0 unspecified atom stereocenters. The van der Waals surface area contributed by atoms with Gasteiger partial charge in [0.25, 0.3) is 0 Å². The first-order valence-electron chi connectivity index (χ1n) is 11.7. The van der Waals surface area contributed by atoms with Gasteiger partial charge >= 0.3 is 5.97 Å². The number of carbonyl (C=O) groups is 1. The zero-order valence-corrected chi connectivity index (χ0v) is 20.9. The fraction of sp³-hybridized carbons (Fsp3) is 0.800. The normalized spacial score (nSPS) is 43.6. The minimum atomic E-state index is -1.52. The molecule has 33 heavy (non-hydrogen) atoms. The number of hydrogen-bond donors (Lipinski definition) is 4. The van der Waals surface area contributed by atoms with E-state index in [1.807, 2.05) is 39.8 Å². The van der Waals surface area contributed by atoms with E-state index in [-0.39, 0.29) is 36.9 Å². The average Bonchev–Trinajstić information content (AvgIpc) is 2.68. The third-order valence-electron chi connectivity index (χ3n) is 7.19. The maximum absolute atomic E-state index is 11.1. The lowest BCUT2D eigenvalue weighted by Gasteiger charge is -2.49. The Balaban J connectivity index is 2.07. The molecule has 2 heterocycles. The van der Waals surface area contributed by atoms with Crippen molar-refractivity contribution in [2.45, 2.75) is 109 Å². The molecule has 2 aliphatic heterocycles. The van der Waals surface area contributed by atoms with E-state index in [0.717, 1.165) is 0 Å². The van der Waals surface area contributed by atoms with Crippen molar-refractivity contribution in [2.24, 2.45) is 11.8 Å². The Morgan fingerprint density at radius 3 is 2.48 bits per heavy atom. The fourth-order valence-corrected chi connectivity index (χ4v) is 5.43. The molecule has 0 aromatic rings. The molecular formula is C25H42O8.